The molecule has 0 heterocycles. The van der Waals surface area contributed by atoms with Crippen LogP contribution in [0.25, 0.3) is 0 Å². The van der Waals surface area contributed by atoms with Crippen molar-refractivity contribution < 1.29 is 37.3 Å². The predicted octanol–water partition coefficient (Wildman–Crippen LogP) is 17.6. The average molecular weight is 979 g/mol. The van der Waals surface area contributed by atoms with Crippen LogP contribution in [0.15, 0.2) is 48.6 Å². The predicted molar refractivity (Wildman–Crippen MR) is 291 cm³/mol. The first-order valence-electron chi connectivity index (χ1n) is 28.9. The van der Waals surface area contributed by atoms with Gasteiger partial charge in [-0.15, -0.1) is 0 Å². The van der Waals surface area contributed by atoms with Crippen molar-refractivity contribution in [2.24, 2.45) is 0 Å². The summed E-state index contributed by atoms with van der Waals surface area (Å²) in [7, 11) is 1.36. The molecule has 0 aromatic rings. The molecule has 400 valence electrons. The molecule has 0 spiro atoms. The van der Waals surface area contributed by atoms with E-state index in [9.17, 15) is 14.3 Å². The fourth-order valence-electron chi connectivity index (χ4n) is 8.25. The minimum atomic E-state index is -4.53. The van der Waals surface area contributed by atoms with E-state index in [0.717, 1.165) is 57.8 Å². The number of phosphoric acid groups is 1. The third-order valence-electron chi connectivity index (χ3n) is 12.6. The highest BCUT2D eigenvalue weighted by Crippen LogP contribution is 2.38. The molecule has 0 N–H and O–H groups in total. The number of phosphoric ester groups is 1. The van der Waals surface area contributed by atoms with Gasteiger partial charge in [-0.2, -0.15) is 0 Å². The van der Waals surface area contributed by atoms with Crippen LogP contribution in [0.4, 0.5) is 0 Å². The lowest BCUT2D eigenvalue weighted by atomic mass is 10.0. The van der Waals surface area contributed by atoms with E-state index in [1.807, 2.05) is 21.1 Å². The molecule has 0 aromatic heterocycles. The van der Waals surface area contributed by atoms with E-state index in [1.54, 1.807) is 0 Å². The molecule has 0 fully saturated rings. The molecule has 0 rings (SSSR count). The second-order valence-corrected chi connectivity index (χ2v) is 22.0. The van der Waals surface area contributed by atoms with Crippen LogP contribution in [0.2, 0.25) is 0 Å². The number of hydrogen-bond acceptors (Lipinski definition) is 7. The van der Waals surface area contributed by atoms with Crippen LogP contribution < -0.4 is 4.89 Å². The van der Waals surface area contributed by atoms with Gasteiger partial charge < -0.3 is 27.9 Å². The summed E-state index contributed by atoms with van der Waals surface area (Å²) in [5.74, 6) is -0.332. The van der Waals surface area contributed by atoms with E-state index >= 15 is 0 Å². The quantitative estimate of drug-likeness (QED) is 0.0197. The second-order valence-electron chi connectivity index (χ2n) is 20.6. The van der Waals surface area contributed by atoms with Crippen LogP contribution in [0.5, 0.6) is 0 Å². The lowest BCUT2D eigenvalue weighted by Gasteiger charge is -2.28. The van der Waals surface area contributed by atoms with Gasteiger partial charge in [0, 0.05) is 13.0 Å². The van der Waals surface area contributed by atoms with Gasteiger partial charge in [-0.3, -0.25) is 9.36 Å². The highest BCUT2D eigenvalue weighted by molar-refractivity contribution is 7.45. The van der Waals surface area contributed by atoms with E-state index < -0.39 is 13.9 Å². The Morgan fingerprint density at radius 1 is 0.471 bits per heavy atom. The number of likely N-dealkylation sites (N-methyl/N-ethyl adjacent to an activating group) is 1. The molecule has 0 saturated heterocycles. The maximum atomic E-state index is 12.8. The Hall–Kier alpha value is -1.54. The maximum Gasteiger partial charge on any atom is 0.306 e. The number of carbonyl (C=O) groups is 1. The third-order valence-corrected chi connectivity index (χ3v) is 13.6. The van der Waals surface area contributed by atoms with Crippen molar-refractivity contribution in [2.75, 3.05) is 54.1 Å². The first-order valence-corrected chi connectivity index (χ1v) is 30.3. The van der Waals surface area contributed by atoms with Crippen molar-refractivity contribution in [3.05, 3.63) is 48.6 Å². The molecular weight excluding hydrogens is 866 g/mol. The van der Waals surface area contributed by atoms with E-state index in [2.05, 4.69) is 62.5 Å². The monoisotopic (exact) mass is 978 g/mol. The molecule has 2 atom stereocenters. The number of unbranched alkanes of at least 4 members (excludes halogenated alkanes) is 32. The number of ether oxygens (including phenoxy) is 2. The van der Waals surface area contributed by atoms with E-state index in [0.29, 0.717) is 24.1 Å². The van der Waals surface area contributed by atoms with Crippen LogP contribution in [0, 0.1) is 0 Å². The molecule has 9 heteroatoms. The topological polar surface area (TPSA) is 94.1 Å². The number of allylic oxidation sites excluding steroid dienone is 8. The minimum absolute atomic E-state index is 0.0267. The molecule has 2 unspecified atom stereocenters. The largest absolute Gasteiger partial charge is 0.756 e. The third kappa shape index (κ3) is 55.4. The van der Waals surface area contributed by atoms with Crippen molar-refractivity contribution in [3.8, 4) is 0 Å². The van der Waals surface area contributed by atoms with Gasteiger partial charge in [0.05, 0.1) is 34.4 Å². The van der Waals surface area contributed by atoms with Crippen LogP contribution in [0.3, 0.4) is 0 Å². The highest BCUT2D eigenvalue weighted by Gasteiger charge is 2.20. The summed E-state index contributed by atoms with van der Waals surface area (Å²) >= 11 is 0. The Morgan fingerprint density at radius 2 is 0.853 bits per heavy atom. The molecule has 0 aromatic carbocycles. The fourth-order valence-corrected chi connectivity index (χ4v) is 8.98. The Kier molecular flexibility index (Phi) is 50.6. The van der Waals surface area contributed by atoms with Crippen molar-refractivity contribution in [1.82, 2.24) is 0 Å². The van der Waals surface area contributed by atoms with Gasteiger partial charge in [0.2, 0.25) is 0 Å². The van der Waals surface area contributed by atoms with Gasteiger partial charge in [0.1, 0.15) is 19.3 Å². The minimum Gasteiger partial charge on any atom is -0.756 e. The summed E-state index contributed by atoms with van der Waals surface area (Å²) in [6, 6.07) is 0. The molecule has 0 amide bonds. The van der Waals surface area contributed by atoms with Gasteiger partial charge in [0.15, 0.2) is 0 Å². The van der Waals surface area contributed by atoms with Gasteiger partial charge in [-0.1, -0.05) is 255 Å². The van der Waals surface area contributed by atoms with E-state index in [1.165, 1.54) is 186 Å². The summed E-state index contributed by atoms with van der Waals surface area (Å²) in [4.78, 5) is 25.3. The smallest absolute Gasteiger partial charge is 0.306 e. The number of hydrogen-bond donors (Lipinski definition) is 0. The SMILES string of the molecule is CC/C=C\C/C=C\C/C=C\C/C=C\CCCCCCCCCCCCCCC(=O)OC(COCCCCCCCCCCCCCCCCCCCCCCC)COP(=O)([O-])OCC[N+](C)(C)C. The first kappa shape index (κ1) is 66.5. The highest BCUT2D eigenvalue weighted by atomic mass is 31.2. The molecule has 0 radical (unpaired) electrons. The normalized spacial score (nSPS) is 13.8. The number of esters is 1. The van der Waals surface area contributed by atoms with Crippen molar-refractivity contribution in [2.45, 2.75) is 270 Å². The molecule has 0 saturated carbocycles. The van der Waals surface area contributed by atoms with Crippen LogP contribution in [-0.2, 0) is 27.9 Å². The zero-order valence-electron chi connectivity index (χ0n) is 45.6. The van der Waals surface area contributed by atoms with Gasteiger partial charge in [-0.05, 0) is 51.4 Å². The van der Waals surface area contributed by atoms with Crippen molar-refractivity contribution in [1.29, 1.82) is 0 Å². The van der Waals surface area contributed by atoms with Gasteiger partial charge in [-0.25, -0.2) is 0 Å². The Balaban J connectivity index is 4.05. The number of nitrogens with zero attached hydrogens (tertiary/aromatic N) is 1. The molecule has 8 nitrogen and oxygen atoms in total. The van der Waals surface area contributed by atoms with Crippen LogP contribution in [0.1, 0.15) is 264 Å². The Bertz CT molecular complexity index is 1230. The van der Waals surface area contributed by atoms with Crippen molar-refractivity contribution in [3.63, 3.8) is 0 Å². The average Bonchev–Trinajstić information content (AvgIpc) is 3.30. The molecule has 0 aliphatic heterocycles. The second kappa shape index (κ2) is 51.8. The number of rotatable bonds is 54. The summed E-state index contributed by atoms with van der Waals surface area (Å²) in [5.41, 5.74) is 0. The maximum absolute atomic E-state index is 12.8. The summed E-state index contributed by atoms with van der Waals surface area (Å²) in [6.07, 6.45) is 65.8. The van der Waals surface area contributed by atoms with Gasteiger partial charge >= 0.3 is 5.97 Å². The molecule has 68 heavy (non-hydrogen) atoms. The lowest BCUT2D eigenvalue weighted by molar-refractivity contribution is -0.870. The Morgan fingerprint density at radius 3 is 1.28 bits per heavy atom. The summed E-state index contributed by atoms with van der Waals surface area (Å²) < 4.78 is 34.9. The molecule has 0 bridgehead atoms. The van der Waals surface area contributed by atoms with E-state index in [-0.39, 0.29) is 25.8 Å². The van der Waals surface area contributed by atoms with Gasteiger partial charge in [0.25, 0.3) is 7.82 Å². The zero-order valence-corrected chi connectivity index (χ0v) is 46.5. The van der Waals surface area contributed by atoms with E-state index in [4.69, 9.17) is 18.5 Å². The van der Waals surface area contributed by atoms with Crippen LogP contribution in [-0.4, -0.2) is 70.7 Å². The molecule has 0 aliphatic carbocycles. The summed E-state index contributed by atoms with van der Waals surface area (Å²) in [6.45, 7) is 5.35. The summed E-state index contributed by atoms with van der Waals surface area (Å²) in [5, 5.41) is 0. The van der Waals surface area contributed by atoms with Crippen molar-refractivity contribution >= 4 is 13.8 Å². The standard InChI is InChI=1S/C59H112NO7P/c1-6-8-10-12-14-16-18-20-22-24-26-28-29-30-31-32-34-36-38-40-42-44-46-48-50-52-59(61)67-58(57-66-68(62,63)65-55-53-60(3,4)5)56-64-54-51-49-47-45-43-41-39-37-35-33-27-25-23-21-19-17-15-13-11-9-7-2/h8,10,14,16,20,22,26,28,58H,6-7,9,11-13,15,17-19,21,23-25,27,29-57H2,1-5H3/b10-8-,16-14-,22-20-,28-26-. The Labute approximate surface area is 422 Å². The zero-order chi connectivity index (χ0) is 49.8. The first-order chi connectivity index (χ1) is 33.1. The molecular formula is C59H112NO7P. The number of quaternary nitrogens is 1. The fraction of sp³-hybridized carbons (Fsp3) is 0.847. The number of carbonyl (C=O) groups excluding carboxylic acids is 1. The molecule has 0 aliphatic rings. The van der Waals surface area contributed by atoms with Crippen LogP contribution >= 0.6 is 7.82 Å². The lowest BCUT2D eigenvalue weighted by Crippen LogP contribution is -2.37.